The Morgan fingerprint density at radius 3 is 2.70 bits per heavy atom. The molecular formula is C19H24FIN6. The van der Waals surface area contributed by atoms with E-state index in [1.165, 1.54) is 12.1 Å². The summed E-state index contributed by atoms with van der Waals surface area (Å²) < 4.78 is 15.0. The number of nitrogens with one attached hydrogen (secondary N) is 2. The number of halogens is 2. The molecule has 27 heavy (non-hydrogen) atoms. The highest BCUT2D eigenvalue weighted by Gasteiger charge is 2.04. The molecule has 1 aromatic carbocycles. The third-order valence-corrected chi connectivity index (χ3v) is 3.93. The lowest BCUT2D eigenvalue weighted by Gasteiger charge is -2.11. The quantitative estimate of drug-likeness (QED) is 0.235. The van der Waals surface area contributed by atoms with Crippen LogP contribution in [0.25, 0.3) is 5.65 Å². The molecule has 0 bridgehead atoms. The molecule has 0 amide bonds. The summed E-state index contributed by atoms with van der Waals surface area (Å²) in [5, 5.41) is 14.9. The van der Waals surface area contributed by atoms with E-state index in [4.69, 9.17) is 0 Å². The molecule has 0 saturated carbocycles. The second-order valence-corrected chi connectivity index (χ2v) is 5.90. The number of guanidine groups is 1. The maximum absolute atomic E-state index is 13.0. The number of aryl methyl sites for hydroxylation is 1. The lowest BCUT2D eigenvalue weighted by molar-refractivity contribution is 0.627. The molecule has 2 N–H and O–H groups in total. The average Bonchev–Trinajstić information content (AvgIpc) is 3.07. The Hall–Kier alpha value is -2.23. The van der Waals surface area contributed by atoms with E-state index in [2.05, 4.69) is 25.8 Å². The van der Waals surface area contributed by atoms with Gasteiger partial charge < -0.3 is 10.6 Å². The predicted molar refractivity (Wildman–Crippen MR) is 116 cm³/mol. The van der Waals surface area contributed by atoms with E-state index < -0.39 is 0 Å². The Labute approximate surface area is 175 Å². The molecule has 0 fully saturated rings. The first kappa shape index (κ1) is 21.1. The Balaban J connectivity index is 0.00000261. The van der Waals surface area contributed by atoms with Gasteiger partial charge in [0, 0.05) is 25.7 Å². The summed E-state index contributed by atoms with van der Waals surface area (Å²) in [6.45, 7) is 4.09. The van der Waals surface area contributed by atoms with E-state index in [-0.39, 0.29) is 29.8 Å². The van der Waals surface area contributed by atoms with Crippen molar-refractivity contribution in [3.63, 3.8) is 0 Å². The molecule has 8 heteroatoms. The summed E-state index contributed by atoms with van der Waals surface area (Å²) in [6.07, 6.45) is 3.72. The normalized spacial score (nSPS) is 11.3. The zero-order valence-electron chi connectivity index (χ0n) is 15.2. The van der Waals surface area contributed by atoms with Crippen molar-refractivity contribution >= 4 is 35.6 Å². The minimum atomic E-state index is -0.233. The molecule has 0 spiro atoms. The van der Waals surface area contributed by atoms with Crippen molar-refractivity contribution in [2.75, 3.05) is 13.1 Å². The zero-order valence-corrected chi connectivity index (χ0v) is 17.6. The molecule has 2 heterocycles. The van der Waals surface area contributed by atoms with E-state index in [9.17, 15) is 4.39 Å². The monoisotopic (exact) mass is 482 g/mol. The van der Waals surface area contributed by atoms with Crippen LogP contribution >= 0.6 is 24.0 Å². The van der Waals surface area contributed by atoms with Gasteiger partial charge in [-0.25, -0.2) is 9.38 Å². The Kier molecular flexibility index (Phi) is 8.43. The molecular weight excluding hydrogens is 458 g/mol. The number of aromatic nitrogens is 3. The van der Waals surface area contributed by atoms with Crippen LogP contribution in [-0.2, 0) is 13.0 Å². The van der Waals surface area contributed by atoms with Gasteiger partial charge in [-0.05, 0) is 43.2 Å². The van der Waals surface area contributed by atoms with Gasteiger partial charge >= 0.3 is 0 Å². The lowest BCUT2D eigenvalue weighted by Crippen LogP contribution is -2.37. The van der Waals surface area contributed by atoms with Gasteiger partial charge in [0.25, 0.3) is 0 Å². The highest BCUT2D eigenvalue weighted by molar-refractivity contribution is 14.0. The van der Waals surface area contributed by atoms with Crippen LogP contribution in [-0.4, -0.2) is 33.6 Å². The van der Waals surface area contributed by atoms with Gasteiger partial charge in [0.1, 0.15) is 11.6 Å². The second kappa shape index (κ2) is 10.8. The van der Waals surface area contributed by atoms with Gasteiger partial charge in [-0.15, -0.1) is 34.2 Å². The number of pyridine rings is 1. The van der Waals surface area contributed by atoms with Crippen molar-refractivity contribution in [2.24, 2.45) is 4.99 Å². The first-order chi connectivity index (χ1) is 12.8. The van der Waals surface area contributed by atoms with Crippen LogP contribution in [0.2, 0.25) is 0 Å². The summed E-state index contributed by atoms with van der Waals surface area (Å²) in [6, 6.07) is 12.3. The Bertz CT molecular complexity index is 862. The van der Waals surface area contributed by atoms with Crippen molar-refractivity contribution in [2.45, 2.75) is 26.3 Å². The smallest absolute Gasteiger partial charge is 0.191 e. The summed E-state index contributed by atoms with van der Waals surface area (Å²) in [5.74, 6) is 1.47. The van der Waals surface area contributed by atoms with Crippen molar-refractivity contribution in [1.29, 1.82) is 0 Å². The molecule has 3 rings (SSSR count). The fourth-order valence-corrected chi connectivity index (χ4v) is 2.62. The number of nitrogens with zero attached hydrogens (tertiary/aromatic N) is 4. The molecule has 3 aromatic rings. The molecule has 144 valence electrons. The highest BCUT2D eigenvalue weighted by atomic mass is 127. The molecule has 6 nitrogen and oxygen atoms in total. The van der Waals surface area contributed by atoms with E-state index in [0.29, 0.717) is 6.54 Å². The van der Waals surface area contributed by atoms with Gasteiger partial charge in [0.2, 0.25) is 0 Å². The van der Waals surface area contributed by atoms with Crippen LogP contribution in [0.4, 0.5) is 4.39 Å². The number of hydrogen-bond donors (Lipinski definition) is 2. The molecule has 0 saturated heterocycles. The minimum Gasteiger partial charge on any atom is -0.357 e. The number of hydrogen-bond acceptors (Lipinski definition) is 3. The van der Waals surface area contributed by atoms with E-state index in [0.717, 1.165) is 48.9 Å². The lowest BCUT2D eigenvalue weighted by atomic mass is 10.2. The van der Waals surface area contributed by atoms with Crippen molar-refractivity contribution in [3.8, 4) is 0 Å². The fraction of sp³-hybridized carbons (Fsp3) is 0.316. The zero-order chi connectivity index (χ0) is 18.2. The van der Waals surface area contributed by atoms with E-state index >= 15 is 0 Å². The number of aliphatic imine (C=N–C) groups is 1. The van der Waals surface area contributed by atoms with Crippen LogP contribution in [0.5, 0.6) is 0 Å². The van der Waals surface area contributed by atoms with Crippen LogP contribution in [0.1, 0.15) is 24.7 Å². The third-order valence-electron chi connectivity index (χ3n) is 3.93. The Morgan fingerprint density at radius 2 is 1.93 bits per heavy atom. The van der Waals surface area contributed by atoms with Gasteiger partial charge in [0.15, 0.2) is 11.6 Å². The van der Waals surface area contributed by atoms with Gasteiger partial charge in [-0.3, -0.25) is 4.40 Å². The summed E-state index contributed by atoms with van der Waals surface area (Å²) in [7, 11) is 0. The number of benzene rings is 1. The first-order valence-electron chi connectivity index (χ1n) is 8.81. The molecule has 2 aromatic heterocycles. The van der Waals surface area contributed by atoms with E-state index in [1.807, 2.05) is 35.7 Å². The van der Waals surface area contributed by atoms with Crippen molar-refractivity contribution < 1.29 is 4.39 Å². The Morgan fingerprint density at radius 1 is 1.11 bits per heavy atom. The topological polar surface area (TPSA) is 66.6 Å². The average molecular weight is 482 g/mol. The molecule has 0 radical (unpaired) electrons. The molecule has 0 aliphatic rings. The molecule has 0 unspecified atom stereocenters. The van der Waals surface area contributed by atoms with Crippen LogP contribution in [0.15, 0.2) is 53.7 Å². The number of rotatable bonds is 7. The van der Waals surface area contributed by atoms with Crippen molar-refractivity contribution in [3.05, 3.63) is 65.9 Å². The van der Waals surface area contributed by atoms with Gasteiger partial charge in [0.05, 0.1) is 6.54 Å². The fourth-order valence-electron chi connectivity index (χ4n) is 2.62. The third kappa shape index (κ3) is 6.16. The highest BCUT2D eigenvalue weighted by Crippen LogP contribution is 2.05. The first-order valence-corrected chi connectivity index (χ1v) is 8.81. The van der Waals surface area contributed by atoms with Crippen LogP contribution < -0.4 is 10.6 Å². The maximum atomic E-state index is 13.0. The predicted octanol–water partition coefficient (Wildman–Crippen LogP) is 3.17. The second-order valence-electron chi connectivity index (χ2n) is 5.90. The summed E-state index contributed by atoms with van der Waals surface area (Å²) >= 11 is 0. The largest absolute Gasteiger partial charge is 0.357 e. The van der Waals surface area contributed by atoms with Crippen LogP contribution in [0.3, 0.4) is 0 Å². The maximum Gasteiger partial charge on any atom is 0.191 e. The minimum absolute atomic E-state index is 0. The van der Waals surface area contributed by atoms with E-state index in [1.54, 1.807) is 12.1 Å². The molecule has 0 aliphatic heterocycles. The van der Waals surface area contributed by atoms with Gasteiger partial charge in [-0.1, -0.05) is 18.2 Å². The summed E-state index contributed by atoms with van der Waals surface area (Å²) in [4.78, 5) is 4.54. The van der Waals surface area contributed by atoms with Gasteiger partial charge in [-0.2, -0.15) is 0 Å². The van der Waals surface area contributed by atoms with Crippen molar-refractivity contribution in [1.82, 2.24) is 25.2 Å². The number of fused-ring (bicyclic) bond motifs is 1. The standard InChI is InChI=1S/C19H23FN6.HI/c1-2-21-19(23-14-15-8-10-16(20)11-9-15)22-12-5-7-18-25-24-17-6-3-4-13-26(17)18;/h3-4,6,8-11,13H,2,5,7,12,14H2,1H3,(H2,21,22,23);1H. The summed E-state index contributed by atoms with van der Waals surface area (Å²) in [5.41, 5.74) is 1.84. The molecule has 0 aliphatic carbocycles. The SMILES string of the molecule is CCNC(=NCc1ccc(F)cc1)NCCCc1nnc2ccccn12.I. The molecule has 0 atom stereocenters. The van der Waals surface area contributed by atoms with Crippen LogP contribution in [0, 0.1) is 5.82 Å².